The van der Waals surface area contributed by atoms with Crippen LogP contribution in [0.3, 0.4) is 0 Å². The fourth-order valence-corrected chi connectivity index (χ4v) is 3.41. The van der Waals surface area contributed by atoms with E-state index < -0.39 is 0 Å². The molecular weight excluding hydrogens is 282 g/mol. The van der Waals surface area contributed by atoms with Crippen LogP contribution in [0.1, 0.15) is 22.6 Å². The van der Waals surface area contributed by atoms with Crippen molar-refractivity contribution in [3.8, 4) is 11.4 Å². The van der Waals surface area contributed by atoms with E-state index in [1.807, 2.05) is 6.07 Å². The van der Waals surface area contributed by atoms with Gasteiger partial charge in [-0.25, -0.2) is 9.97 Å². The van der Waals surface area contributed by atoms with E-state index in [0.717, 1.165) is 24.5 Å². The van der Waals surface area contributed by atoms with E-state index in [9.17, 15) is 0 Å². The van der Waals surface area contributed by atoms with Gasteiger partial charge in [-0.15, -0.1) is 0 Å². The van der Waals surface area contributed by atoms with Gasteiger partial charge in [0.05, 0.1) is 0 Å². The van der Waals surface area contributed by atoms with Gasteiger partial charge in [-0.2, -0.15) is 0 Å². The SMILES string of the molecule is CN1Cc2cc(-c3ncccn3)ccc2C(c2ccccc2)C1. The molecule has 1 unspecified atom stereocenters. The highest BCUT2D eigenvalue weighted by Crippen LogP contribution is 2.34. The first-order valence-electron chi connectivity index (χ1n) is 7.95. The summed E-state index contributed by atoms with van der Waals surface area (Å²) >= 11 is 0. The molecule has 114 valence electrons. The first kappa shape index (κ1) is 14.1. The summed E-state index contributed by atoms with van der Waals surface area (Å²) in [6.45, 7) is 2.03. The van der Waals surface area contributed by atoms with Crippen molar-refractivity contribution in [2.75, 3.05) is 13.6 Å². The highest BCUT2D eigenvalue weighted by atomic mass is 15.1. The van der Waals surface area contributed by atoms with Crippen LogP contribution in [0.15, 0.2) is 67.0 Å². The van der Waals surface area contributed by atoms with E-state index in [4.69, 9.17) is 0 Å². The number of rotatable bonds is 2. The molecule has 0 fully saturated rings. The zero-order chi connectivity index (χ0) is 15.6. The minimum absolute atomic E-state index is 0.427. The number of hydrogen-bond donors (Lipinski definition) is 0. The van der Waals surface area contributed by atoms with Gasteiger partial charge in [-0.1, -0.05) is 42.5 Å². The van der Waals surface area contributed by atoms with Gasteiger partial charge in [-0.05, 0) is 35.9 Å². The molecule has 1 aromatic heterocycles. The summed E-state index contributed by atoms with van der Waals surface area (Å²) in [4.78, 5) is 11.1. The molecule has 0 aliphatic carbocycles. The second kappa shape index (κ2) is 5.94. The lowest BCUT2D eigenvalue weighted by atomic mass is 9.84. The third kappa shape index (κ3) is 2.76. The third-order valence-electron chi connectivity index (χ3n) is 4.48. The highest BCUT2D eigenvalue weighted by Gasteiger charge is 2.25. The standard InChI is InChI=1S/C20H19N3/c1-23-13-17-12-16(20-21-10-5-11-22-20)8-9-18(17)19(14-23)15-6-3-2-4-7-15/h2-12,19H,13-14H2,1H3. The number of hydrogen-bond acceptors (Lipinski definition) is 3. The summed E-state index contributed by atoms with van der Waals surface area (Å²) in [6, 6.07) is 19.3. The van der Waals surface area contributed by atoms with Gasteiger partial charge in [0.1, 0.15) is 0 Å². The van der Waals surface area contributed by atoms with Crippen LogP contribution in [0.25, 0.3) is 11.4 Å². The van der Waals surface area contributed by atoms with Crippen LogP contribution in [0.5, 0.6) is 0 Å². The quantitative estimate of drug-likeness (QED) is 0.722. The van der Waals surface area contributed by atoms with Gasteiger partial charge in [0.25, 0.3) is 0 Å². The molecule has 0 spiro atoms. The van der Waals surface area contributed by atoms with Crippen LogP contribution >= 0.6 is 0 Å². The Morgan fingerprint density at radius 3 is 2.52 bits per heavy atom. The van der Waals surface area contributed by atoms with Gasteiger partial charge in [-0.3, -0.25) is 0 Å². The molecule has 1 atom stereocenters. The fraction of sp³-hybridized carbons (Fsp3) is 0.200. The fourth-order valence-electron chi connectivity index (χ4n) is 3.41. The Morgan fingerprint density at radius 1 is 0.957 bits per heavy atom. The molecule has 0 N–H and O–H groups in total. The van der Waals surface area contributed by atoms with Crippen LogP contribution in [0, 0.1) is 0 Å². The van der Waals surface area contributed by atoms with Crippen molar-refractivity contribution in [2.24, 2.45) is 0 Å². The van der Waals surface area contributed by atoms with E-state index in [2.05, 4.69) is 70.4 Å². The molecule has 4 rings (SSSR count). The van der Waals surface area contributed by atoms with Crippen molar-refractivity contribution in [1.82, 2.24) is 14.9 Å². The monoisotopic (exact) mass is 301 g/mol. The molecule has 0 saturated carbocycles. The van der Waals surface area contributed by atoms with Gasteiger partial charge in [0.15, 0.2) is 5.82 Å². The van der Waals surface area contributed by atoms with Crippen LogP contribution in [0.4, 0.5) is 0 Å². The maximum Gasteiger partial charge on any atom is 0.159 e. The van der Waals surface area contributed by atoms with Crippen LogP contribution < -0.4 is 0 Å². The molecule has 0 radical (unpaired) electrons. The first-order chi connectivity index (χ1) is 11.3. The number of likely N-dealkylation sites (N-methyl/N-ethyl adjacent to an activating group) is 1. The Balaban J connectivity index is 1.77. The second-order valence-corrected chi connectivity index (χ2v) is 6.15. The number of nitrogens with zero attached hydrogens (tertiary/aromatic N) is 3. The Kier molecular flexibility index (Phi) is 3.64. The lowest BCUT2D eigenvalue weighted by Gasteiger charge is -2.33. The van der Waals surface area contributed by atoms with Crippen molar-refractivity contribution in [1.29, 1.82) is 0 Å². The molecule has 0 bridgehead atoms. The van der Waals surface area contributed by atoms with Gasteiger partial charge in [0.2, 0.25) is 0 Å². The Bertz CT molecular complexity index is 800. The lowest BCUT2D eigenvalue weighted by Crippen LogP contribution is -2.31. The van der Waals surface area contributed by atoms with Crippen molar-refractivity contribution in [3.05, 3.63) is 83.7 Å². The van der Waals surface area contributed by atoms with E-state index in [1.165, 1.54) is 16.7 Å². The minimum Gasteiger partial charge on any atom is -0.301 e. The topological polar surface area (TPSA) is 29.0 Å². The van der Waals surface area contributed by atoms with E-state index in [1.54, 1.807) is 12.4 Å². The average molecular weight is 301 g/mol. The van der Waals surface area contributed by atoms with Gasteiger partial charge < -0.3 is 4.90 Å². The highest BCUT2D eigenvalue weighted by molar-refractivity contribution is 5.58. The molecule has 1 aliphatic heterocycles. The summed E-state index contributed by atoms with van der Waals surface area (Å²) in [5.74, 6) is 1.22. The van der Waals surface area contributed by atoms with Crippen molar-refractivity contribution in [3.63, 3.8) is 0 Å². The van der Waals surface area contributed by atoms with E-state index in [0.29, 0.717) is 5.92 Å². The predicted molar refractivity (Wildman–Crippen MR) is 92.1 cm³/mol. The summed E-state index contributed by atoms with van der Waals surface area (Å²) in [5, 5.41) is 0. The van der Waals surface area contributed by atoms with Crippen molar-refractivity contribution >= 4 is 0 Å². The molecule has 3 nitrogen and oxygen atoms in total. The van der Waals surface area contributed by atoms with E-state index >= 15 is 0 Å². The summed E-state index contributed by atoms with van der Waals surface area (Å²) in [5.41, 5.74) is 5.27. The second-order valence-electron chi connectivity index (χ2n) is 6.15. The largest absolute Gasteiger partial charge is 0.301 e. The van der Waals surface area contributed by atoms with Gasteiger partial charge >= 0.3 is 0 Å². The zero-order valence-electron chi connectivity index (χ0n) is 13.2. The molecule has 0 amide bonds. The lowest BCUT2D eigenvalue weighted by molar-refractivity contribution is 0.295. The smallest absolute Gasteiger partial charge is 0.159 e. The summed E-state index contributed by atoms with van der Waals surface area (Å²) in [6.07, 6.45) is 3.58. The Labute approximate surface area is 136 Å². The number of benzene rings is 2. The maximum absolute atomic E-state index is 4.37. The molecule has 2 heterocycles. The van der Waals surface area contributed by atoms with Crippen LogP contribution in [-0.4, -0.2) is 28.5 Å². The van der Waals surface area contributed by atoms with Crippen molar-refractivity contribution < 1.29 is 0 Å². The third-order valence-corrected chi connectivity index (χ3v) is 4.48. The first-order valence-corrected chi connectivity index (χ1v) is 7.95. The molecule has 3 aromatic rings. The summed E-state index contributed by atoms with van der Waals surface area (Å²) < 4.78 is 0. The minimum atomic E-state index is 0.427. The number of fused-ring (bicyclic) bond motifs is 1. The molecule has 3 heteroatoms. The normalized spacial score (nSPS) is 17.7. The van der Waals surface area contributed by atoms with Crippen LogP contribution in [-0.2, 0) is 6.54 Å². The van der Waals surface area contributed by atoms with Crippen molar-refractivity contribution in [2.45, 2.75) is 12.5 Å². The van der Waals surface area contributed by atoms with Gasteiger partial charge in [0, 0.05) is 37.0 Å². The Morgan fingerprint density at radius 2 is 1.74 bits per heavy atom. The summed E-state index contributed by atoms with van der Waals surface area (Å²) in [7, 11) is 2.19. The zero-order valence-corrected chi connectivity index (χ0v) is 13.2. The molecule has 2 aromatic carbocycles. The molecular formula is C20H19N3. The Hall–Kier alpha value is -2.52. The average Bonchev–Trinajstić information content (AvgIpc) is 2.62. The predicted octanol–water partition coefficient (Wildman–Crippen LogP) is 3.72. The number of aromatic nitrogens is 2. The maximum atomic E-state index is 4.37. The molecule has 0 saturated heterocycles. The molecule has 1 aliphatic rings. The molecule has 23 heavy (non-hydrogen) atoms. The van der Waals surface area contributed by atoms with Crippen LogP contribution in [0.2, 0.25) is 0 Å². The van der Waals surface area contributed by atoms with E-state index in [-0.39, 0.29) is 0 Å².